The van der Waals surface area contributed by atoms with Crippen molar-refractivity contribution < 1.29 is 21.6 Å². The molecule has 0 radical (unpaired) electrons. The van der Waals surface area contributed by atoms with E-state index in [1.807, 2.05) is 12.1 Å². The van der Waals surface area contributed by atoms with E-state index in [-0.39, 0.29) is 16.4 Å². The van der Waals surface area contributed by atoms with Crippen LogP contribution >= 0.6 is 0 Å². The Morgan fingerprint density at radius 1 is 0.873 bits per heavy atom. The predicted octanol–water partition coefficient (Wildman–Crippen LogP) is 7.63. The summed E-state index contributed by atoms with van der Waals surface area (Å²) < 4.78 is 51.2. The van der Waals surface area contributed by atoms with Crippen LogP contribution in [0.25, 0.3) is 5.57 Å². The van der Waals surface area contributed by atoms with Gasteiger partial charge in [-0.15, -0.1) is 0 Å². The van der Waals surface area contributed by atoms with Crippen LogP contribution in [-0.2, 0) is 19.9 Å². The summed E-state index contributed by atoms with van der Waals surface area (Å²) in [6.45, 7) is 20.3. The quantitative estimate of drug-likeness (QED) is 0.248. The Morgan fingerprint density at radius 2 is 1.55 bits per heavy atom. The number of carbonyl (C=O) groups excluding carboxylic acids is 1. The molecule has 55 heavy (non-hydrogen) atoms. The van der Waals surface area contributed by atoms with Crippen LogP contribution in [-0.4, -0.2) is 76.1 Å². The second-order valence-corrected chi connectivity index (χ2v) is 24.5. The van der Waals surface area contributed by atoms with Gasteiger partial charge in [0.05, 0.1) is 16.8 Å². The highest BCUT2D eigenvalue weighted by Gasteiger charge is 2.65. The zero-order chi connectivity index (χ0) is 39.2. The van der Waals surface area contributed by atoms with Gasteiger partial charge in [0.25, 0.3) is 5.91 Å². The summed E-state index contributed by atoms with van der Waals surface area (Å²) in [6.07, 6.45) is 16.2. The maximum Gasteiger partial charge on any atom is 0.264 e. The number of allylic oxidation sites excluding steroid dienone is 3. The fraction of sp³-hybridized carbons (Fsp3) is 0.756. The minimum atomic E-state index is -3.59. The van der Waals surface area contributed by atoms with Crippen LogP contribution in [0.5, 0.6) is 0 Å². The molecule has 0 bridgehead atoms. The van der Waals surface area contributed by atoms with Crippen LogP contribution < -0.4 is 10.0 Å². The Morgan fingerprint density at radius 3 is 2.22 bits per heavy atom. The van der Waals surface area contributed by atoms with Crippen LogP contribution in [0.3, 0.4) is 0 Å². The average molecular weight is 794 g/mol. The lowest BCUT2D eigenvalue weighted by atomic mass is 9.41. The van der Waals surface area contributed by atoms with E-state index in [0.29, 0.717) is 83.9 Å². The SMILES string of the molecule is C=C(C)[C@@H]1CC[C@]2(NCCN3CCS(=O)(=O)CC3)CC[C@]3(C)[C@H](CC[C@H]4[C@@H]3CCC[C@H]3C(C)(C)C(c5ccc(C(=O)NS(=O)(=O)C6CC6)cc5)=CC[C@]43C)[C@@H]12. The number of amides is 1. The Labute approximate surface area is 332 Å². The van der Waals surface area contributed by atoms with Crippen molar-refractivity contribution in [3.05, 3.63) is 53.6 Å². The van der Waals surface area contributed by atoms with E-state index in [9.17, 15) is 21.6 Å². The van der Waals surface area contributed by atoms with E-state index in [0.717, 1.165) is 25.1 Å². The number of hydrogen-bond acceptors (Lipinski definition) is 7. The number of hydrogen-bond donors (Lipinski definition) is 2. The standard InChI is InChI=1S/C45H67N3O5S2/c1-30(2)34-18-21-45(46-24-25-48-26-28-54(50,51)29-27-48)23-22-43(5)36-8-7-9-39-42(3,4)35(19-20-44(39,6)37(36)16-17-38(43)40(34)45)31-10-12-32(13-11-31)41(49)47-55(52,53)33-14-15-33/h10-13,19,33-34,36-40,46H,1,7-9,14-18,20-29H2,2-6H3,(H,47,49)/t34-,36-,37-,38+,39-,40+,43-,44+,45-/m0/s1. The molecule has 1 saturated heterocycles. The second kappa shape index (κ2) is 14.1. The average Bonchev–Trinajstić information content (AvgIpc) is 3.94. The number of carbonyl (C=O) groups is 1. The number of nitrogens with zero attached hydrogens (tertiary/aromatic N) is 1. The van der Waals surface area contributed by atoms with Crippen molar-refractivity contribution in [2.45, 2.75) is 122 Å². The van der Waals surface area contributed by atoms with Gasteiger partial charge in [0.2, 0.25) is 10.0 Å². The first-order chi connectivity index (χ1) is 25.9. The monoisotopic (exact) mass is 793 g/mol. The molecule has 8 nitrogen and oxygen atoms in total. The maximum atomic E-state index is 12.9. The minimum absolute atomic E-state index is 0.0422. The van der Waals surface area contributed by atoms with Crippen molar-refractivity contribution in [3.8, 4) is 0 Å². The summed E-state index contributed by atoms with van der Waals surface area (Å²) in [5, 5.41) is 3.78. The molecular weight excluding hydrogens is 727 g/mol. The summed E-state index contributed by atoms with van der Waals surface area (Å²) in [7, 11) is -6.46. The van der Waals surface area contributed by atoms with Crippen molar-refractivity contribution in [2.75, 3.05) is 37.7 Å². The lowest BCUT2D eigenvalue weighted by Gasteiger charge is -2.65. The largest absolute Gasteiger partial charge is 0.310 e. The molecular formula is C45H67N3O5S2. The Bertz CT molecular complexity index is 1920. The molecule has 1 aromatic carbocycles. The Kier molecular flexibility index (Phi) is 10.2. The maximum absolute atomic E-state index is 12.9. The molecule has 1 aromatic rings. The molecule has 1 amide bonds. The number of nitrogens with one attached hydrogen (secondary N) is 2. The fourth-order valence-corrected chi connectivity index (χ4v) is 16.7. The van der Waals surface area contributed by atoms with Crippen molar-refractivity contribution in [1.82, 2.24) is 14.9 Å². The van der Waals surface area contributed by atoms with Crippen molar-refractivity contribution in [1.29, 1.82) is 0 Å². The molecule has 7 aliphatic rings. The summed E-state index contributed by atoms with van der Waals surface area (Å²) in [5.41, 5.74) is 4.85. The predicted molar refractivity (Wildman–Crippen MR) is 222 cm³/mol. The summed E-state index contributed by atoms with van der Waals surface area (Å²) in [4.78, 5) is 15.2. The van der Waals surface area contributed by atoms with Gasteiger partial charge >= 0.3 is 0 Å². The van der Waals surface area contributed by atoms with Gasteiger partial charge in [-0.1, -0.05) is 64.5 Å². The molecule has 6 aliphatic carbocycles. The lowest BCUT2D eigenvalue weighted by Crippen LogP contribution is -2.63. The third-order valence-corrected chi connectivity index (χ3v) is 20.5. The van der Waals surface area contributed by atoms with Crippen LogP contribution in [0, 0.1) is 51.8 Å². The number of sulfonamides is 1. The van der Waals surface area contributed by atoms with Gasteiger partial charge < -0.3 is 10.2 Å². The van der Waals surface area contributed by atoms with Crippen LogP contribution in [0.15, 0.2) is 42.5 Å². The molecule has 9 atom stereocenters. The first kappa shape index (κ1) is 39.8. The molecule has 8 rings (SSSR count). The molecule has 2 N–H and O–H groups in total. The Balaban J connectivity index is 1.01. The molecule has 1 aliphatic heterocycles. The molecule has 0 spiro atoms. The van der Waals surface area contributed by atoms with Gasteiger partial charge in [-0.2, -0.15) is 0 Å². The Hall–Kier alpha value is -2.01. The first-order valence-corrected chi connectivity index (χ1v) is 25.0. The smallest absolute Gasteiger partial charge is 0.264 e. The molecule has 5 saturated carbocycles. The first-order valence-electron chi connectivity index (χ1n) is 21.6. The fourth-order valence-electron chi connectivity index (χ4n) is 14.1. The highest BCUT2D eigenvalue weighted by molar-refractivity contribution is 7.91. The molecule has 0 aromatic heterocycles. The van der Waals surface area contributed by atoms with Crippen molar-refractivity contribution in [3.63, 3.8) is 0 Å². The lowest BCUT2D eigenvalue weighted by molar-refractivity contribution is -0.135. The summed E-state index contributed by atoms with van der Waals surface area (Å²) in [5.74, 6) is 3.81. The van der Waals surface area contributed by atoms with Crippen LogP contribution in [0.2, 0.25) is 0 Å². The highest BCUT2D eigenvalue weighted by Crippen LogP contribution is 2.71. The van der Waals surface area contributed by atoms with Gasteiger partial charge in [0.1, 0.15) is 0 Å². The van der Waals surface area contributed by atoms with Crippen LogP contribution in [0.1, 0.15) is 128 Å². The normalized spacial score (nSPS) is 39.7. The van der Waals surface area contributed by atoms with Gasteiger partial charge in [0, 0.05) is 37.3 Å². The minimum Gasteiger partial charge on any atom is -0.310 e. The second-order valence-electron chi connectivity index (χ2n) is 20.3. The van der Waals surface area contributed by atoms with Crippen molar-refractivity contribution in [2.24, 2.45) is 51.8 Å². The molecule has 304 valence electrons. The summed E-state index contributed by atoms with van der Waals surface area (Å²) in [6, 6.07) is 7.64. The highest BCUT2D eigenvalue weighted by atomic mass is 32.2. The number of rotatable bonds is 9. The van der Waals surface area contributed by atoms with E-state index in [4.69, 9.17) is 0 Å². The topological polar surface area (TPSA) is 113 Å². The molecule has 10 heteroatoms. The van der Waals surface area contributed by atoms with E-state index >= 15 is 0 Å². The third-order valence-electron chi connectivity index (χ3n) is 17.1. The number of benzene rings is 1. The zero-order valence-electron chi connectivity index (χ0n) is 34.2. The van der Waals surface area contributed by atoms with Crippen LogP contribution in [0.4, 0.5) is 0 Å². The summed E-state index contributed by atoms with van der Waals surface area (Å²) >= 11 is 0. The van der Waals surface area contributed by atoms with E-state index in [1.54, 1.807) is 12.1 Å². The van der Waals surface area contributed by atoms with E-state index < -0.39 is 31.0 Å². The zero-order valence-corrected chi connectivity index (χ0v) is 35.8. The van der Waals surface area contributed by atoms with Gasteiger partial charge in [0.15, 0.2) is 9.84 Å². The van der Waals surface area contributed by atoms with E-state index in [1.165, 1.54) is 68.9 Å². The molecule has 1 heterocycles. The van der Waals surface area contributed by atoms with Gasteiger partial charge in [-0.05, 0) is 153 Å². The van der Waals surface area contributed by atoms with Gasteiger partial charge in [-0.3, -0.25) is 4.79 Å². The van der Waals surface area contributed by atoms with Gasteiger partial charge in [-0.25, -0.2) is 21.6 Å². The third kappa shape index (κ3) is 6.92. The number of fused-ring (bicyclic) bond motifs is 7. The number of sulfone groups is 1. The van der Waals surface area contributed by atoms with E-state index in [2.05, 4.69) is 62.2 Å². The van der Waals surface area contributed by atoms with Crippen molar-refractivity contribution >= 4 is 31.3 Å². The molecule has 6 fully saturated rings. The molecule has 0 unspecified atom stereocenters.